The Bertz CT molecular complexity index is 586. The summed E-state index contributed by atoms with van der Waals surface area (Å²) >= 11 is 0. The molecule has 0 heterocycles. The van der Waals surface area contributed by atoms with Gasteiger partial charge in [0, 0.05) is 11.1 Å². The molecule has 0 aliphatic heterocycles. The molecule has 11 nitrogen and oxygen atoms in total. The Kier molecular flexibility index (Phi) is 16.9. The minimum Gasteiger partial charge on any atom is -0.462 e. The Morgan fingerprint density at radius 1 is 0.844 bits per heavy atom. The van der Waals surface area contributed by atoms with Gasteiger partial charge in [-0.1, -0.05) is 26.5 Å². The molecular formula is C21H38O11. The fraction of sp³-hybridized carbons (Fsp3) is 0.714. The zero-order chi connectivity index (χ0) is 25.5. The molecule has 0 saturated heterocycles. The summed E-state index contributed by atoms with van der Waals surface area (Å²) in [7, 11) is 0. The molecule has 7 N–H and O–H groups in total. The predicted octanol–water partition coefficient (Wildman–Crippen LogP) is -1.58. The van der Waals surface area contributed by atoms with Gasteiger partial charge < -0.3 is 45.2 Å². The van der Waals surface area contributed by atoms with Crippen LogP contribution in [0.4, 0.5) is 0 Å². The van der Waals surface area contributed by atoms with E-state index in [0.29, 0.717) is 12.0 Å². The Balaban J connectivity index is 0. The number of aliphatic hydroxyl groups is 7. The number of carbonyl (C=O) groups is 2. The summed E-state index contributed by atoms with van der Waals surface area (Å²) in [4.78, 5) is 22.1. The molecule has 188 valence electrons. The highest BCUT2D eigenvalue weighted by atomic mass is 16.5. The monoisotopic (exact) mass is 466 g/mol. The van der Waals surface area contributed by atoms with Crippen molar-refractivity contribution < 1.29 is 54.8 Å². The standard InChI is InChI=1S/C11H20O4.C10H18O7/c1-4-5-11(6-12,7-13)8-15-10(14)9(2)3;1-5(2)10(16)17-4-7(13)9(15)8(14)6(12)3-11/h12-13H,2,4-8H2,1,3H3;6-9,11-15H,1,3-4H2,2H3/t;6-,7+,8-,9-/m.1/s1. The minimum atomic E-state index is -1.74. The van der Waals surface area contributed by atoms with Gasteiger partial charge >= 0.3 is 11.9 Å². The number of esters is 2. The highest BCUT2D eigenvalue weighted by Crippen LogP contribution is 2.23. The zero-order valence-corrected chi connectivity index (χ0v) is 18.9. The summed E-state index contributed by atoms with van der Waals surface area (Å²) in [5.41, 5.74) is -0.279. The number of hydrogen-bond donors (Lipinski definition) is 7. The summed E-state index contributed by atoms with van der Waals surface area (Å²) in [6.07, 6.45) is -5.21. The van der Waals surface area contributed by atoms with E-state index in [9.17, 15) is 35.1 Å². The molecule has 0 aromatic heterocycles. The average Bonchev–Trinajstić information content (AvgIpc) is 2.78. The molecule has 4 atom stereocenters. The van der Waals surface area contributed by atoms with E-state index < -0.39 is 55.0 Å². The number of aliphatic hydroxyl groups excluding tert-OH is 7. The maximum absolute atomic E-state index is 11.1. The van der Waals surface area contributed by atoms with Crippen LogP contribution in [0.2, 0.25) is 0 Å². The van der Waals surface area contributed by atoms with Gasteiger partial charge in [-0.3, -0.25) is 0 Å². The van der Waals surface area contributed by atoms with Crippen molar-refractivity contribution in [3.8, 4) is 0 Å². The van der Waals surface area contributed by atoms with E-state index in [1.165, 1.54) is 6.92 Å². The average molecular weight is 467 g/mol. The van der Waals surface area contributed by atoms with Crippen molar-refractivity contribution in [2.75, 3.05) is 33.0 Å². The van der Waals surface area contributed by atoms with E-state index in [4.69, 9.17) is 14.9 Å². The van der Waals surface area contributed by atoms with Gasteiger partial charge in [-0.2, -0.15) is 0 Å². The van der Waals surface area contributed by atoms with E-state index in [-0.39, 0.29) is 25.4 Å². The Labute approximate surface area is 188 Å². The Hall–Kier alpha value is -1.86. The normalized spacial score (nSPS) is 14.8. The van der Waals surface area contributed by atoms with Crippen molar-refractivity contribution >= 4 is 11.9 Å². The van der Waals surface area contributed by atoms with Crippen LogP contribution >= 0.6 is 0 Å². The van der Waals surface area contributed by atoms with E-state index in [1.54, 1.807) is 6.92 Å². The lowest BCUT2D eigenvalue weighted by Gasteiger charge is -2.28. The smallest absolute Gasteiger partial charge is 0.333 e. The Morgan fingerprint density at radius 3 is 1.66 bits per heavy atom. The predicted molar refractivity (Wildman–Crippen MR) is 114 cm³/mol. The fourth-order valence-electron chi connectivity index (χ4n) is 2.19. The molecule has 0 bridgehead atoms. The molecule has 0 saturated carbocycles. The van der Waals surface area contributed by atoms with Crippen LogP contribution in [-0.4, -0.2) is 105 Å². The second-order valence-corrected chi connectivity index (χ2v) is 7.60. The molecule has 0 fully saturated rings. The van der Waals surface area contributed by atoms with Crippen LogP contribution in [-0.2, 0) is 19.1 Å². The third-order valence-corrected chi connectivity index (χ3v) is 4.37. The highest BCUT2D eigenvalue weighted by molar-refractivity contribution is 5.87. The molecule has 11 heteroatoms. The number of hydrogen-bond acceptors (Lipinski definition) is 11. The van der Waals surface area contributed by atoms with Crippen molar-refractivity contribution in [2.45, 2.75) is 58.0 Å². The van der Waals surface area contributed by atoms with Gasteiger partial charge in [0.1, 0.15) is 37.6 Å². The van der Waals surface area contributed by atoms with E-state index in [0.717, 1.165) is 6.42 Å². The van der Waals surface area contributed by atoms with Crippen LogP contribution in [0.5, 0.6) is 0 Å². The van der Waals surface area contributed by atoms with Gasteiger partial charge in [0.15, 0.2) is 0 Å². The van der Waals surface area contributed by atoms with Gasteiger partial charge in [-0.05, 0) is 20.3 Å². The summed E-state index contributed by atoms with van der Waals surface area (Å²) in [6.45, 7) is 10.0. The molecular weight excluding hydrogens is 428 g/mol. The summed E-state index contributed by atoms with van der Waals surface area (Å²) in [6, 6.07) is 0. The third-order valence-electron chi connectivity index (χ3n) is 4.37. The molecule has 0 aliphatic carbocycles. The first-order valence-corrected chi connectivity index (χ1v) is 10.0. The summed E-state index contributed by atoms with van der Waals surface area (Å²) in [5, 5.41) is 63.9. The molecule has 0 aromatic carbocycles. The second-order valence-electron chi connectivity index (χ2n) is 7.60. The molecule has 0 unspecified atom stereocenters. The topological polar surface area (TPSA) is 194 Å². The van der Waals surface area contributed by atoms with Gasteiger partial charge in [0.2, 0.25) is 0 Å². The maximum Gasteiger partial charge on any atom is 0.333 e. The molecule has 32 heavy (non-hydrogen) atoms. The zero-order valence-electron chi connectivity index (χ0n) is 18.9. The van der Waals surface area contributed by atoms with Crippen LogP contribution in [0.3, 0.4) is 0 Å². The second kappa shape index (κ2) is 16.7. The largest absolute Gasteiger partial charge is 0.462 e. The highest BCUT2D eigenvalue weighted by Gasteiger charge is 2.31. The van der Waals surface area contributed by atoms with Crippen LogP contribution in [0, 0.1) is 5.41 Å². The van der Waals surface area contributed by atoms with Gasteiger partial charge in [-0.15, -0.1) is 0 Å². The van der Waals surface area contributed by atoms with Crippen LogP contribution in [0.25, 0.3) is 0 Å². The number of carbonyl (C=O) groups excluding carboxylic acids is 2. The minimum absolute atomic E-state index is 0.0273. The first-order valence-electron chi connectivity index (χ1n) is 10.0. The molecule has 0 aliphatic rings. The van der Waals surface area contributed by atoms with Crippen molar-refractivity contribution in [3.05, 3.63) is 24.3 Å². The first kappa shape index (κ1) is 32.3. The Morgan fingerprint density at radius 2 is 1.28 bits per heavy atom. The van der Waals surface area contributed by atoms with Gasteiger partial charge in [-0.25, -0.2) is 9.59 Å². The van der Waals surface area contributed by atoms with E-state index in [2.05, 4.69) is 17.9 Å². The fourth-order valence-corrected chi connectivity index (χ4v) is 2.19. The summed E-state index contributed by atoms with van der Waals surface area (Å²) in [5.74, 6) is -1.23. The molecule has 0 spiro atoms. The van der Waals surface area contributed by atoms with Crippen molar-refractivity contribution in [2.24, 2.45) is 5.41 Å². The number of ether oxygens (including phenoxy) is 2. The van der Waals surface area contributed by atoms with Crippen LogP contribution < -0.4 is 0 Å². The SMILES string of the molecule is C=C(C)C(=O)OCC(CO)(CO)CCC.C=C(C)C(=O)OC[C@H](O)[C@@H](O)[C@H](O)[C@H](O)CO. The molecule has 0 rings (SSSR count). The first-order chi connectivity index (χ1) is 14.8. The lowest BCUT2D eigenvalue weighted by molar-refractivity contribution is -0.152. The van der Waals surface area contributed by atoms with Crippen LogP contribution in [0.15, 0.2) is 24.3 Å². The van der Waals surface area contributed by atoms with Crippen molar-refractivity contribution in [3.63, 3.8) is 0 Å². The van der Waals surface area contributed by atoms with Gasteiger partial charge in [0.05, 0.1) is 25.2 Å². The van der Waals surface area contributed by atoms with E-state index in [1.807, 2.05) is 6.92 Å². The number of rotatable bonds is 14. The quantitative estimate of drug-likeness (QED) is 0.115. The molecule has 0 radical (unpaired) electrons. The van der Waals surface area contributed by atoms with E-state index >= 15 is 0 Å². The lowest BCUT2D eigenvalue weighted by atomic mass is 9.86. The molecule has 0 amide bonds. The lowest BCUT2D eigenvalue weighted by Crippen LogP contribution is -2.47. The molecule has 0 aromatic rings. The third kappa shape index (κ3) is 12.2. The maximum atomic E-state index is 11.1. The summed E-state index contributed by atoms with van der Waals surface area (Å²) < 4.78 is 9.49. The van der Waals surface area contributed by atoms with Crippen molar-refractivity contribution in [1.82, 2.24) is 0 Å². The van der Waals surface area contributed by atoms with Gasteiger partial charge in [0.25, 0.3) is 0 Å². The van der Waals surface area contributed by atoms with Crippen LogP contribution in [0.1, 0.15) is 33.6 Å². The van der Waals surface area contributed by atoms with Crippen molar-refractivity contribution in [1.29, 1.82) is 0 Å².